The quantitative estimate of drug-likeness (QED) is 0.691. The number of carbonyl (C=O) groups excluding carboxylic acids is 2. The van der Waals surface area contributed by atoms with Gasteiger partial charge in [-0.1, -0.05) is 0 Å². The SMILES string of the molecule is CC(=O)N1CCC(C(=O)N2CCN(C)CC2C)CC1. The van der Waals surface area contributed by atoms with Gasteiger partial charge in [0.15, 0.2) is 0 Å². The van der Waals surface area contributed by atoms with Gasteiger partial charge in [0.25, 0.3) is 0 Å². The minimum absolute atomic E-state index is 0.112. The number of likely N-dealkylation sites (tertiary alicyclic amines) is 1. The Kier molecular flexibility index (Phi) is 4.45. The van der Waals surface area contributed by atoms with Crippen molar-refractivity contribution in [2.45, 2.75) is 32.7 Å². The van der Waals surface area contributed by atoms with Crippen LogP contribution in [0.2, 0.25) is 0 Å². The highest BCUT2D eigenvalue weighted by molar-refractivity contribution is 5.80. The Morgan fingerprint density at radius 2 is 1.68 bits per heavy atom. The second-order valence-electron chi connectivity index (χ2n) is 5.92. The predicted molar refractivity (Wildman–Crippen MR) is 73.7 cm³/mol. The highest BCUT2D eigenvalue weighted by atomic mass is 16.2. The lowest BCUT2D eigenvalue weighted by Crippen LogP contribution is -2.55. The van der Waals surface area contributed by atoms with Gasteiger partial charge in [-0.3, -0.25) is 9.59 Å². The molecule has 108 valence electrons. The number of hydrogen-bond donors (Lipinski definition) is 0. The van der Waals surface area contributed by atoms with Crippen LogP contribution in [-0.4, -0.2) is 72.3 Å². The third-order valence-corrected chi connectivity index (χ3v) is 4.40. The molecule has 1 atom stereocenters. The number of likely N-dealkylation sites (N-methyl/N-ethyl adjacent to an activating group) is 1. The number of rotatable bonds is 1. The fourth-order valence-corrected chi connectivity index (χ4v) is 3.14. The first-order valence-electron chi connectivity index (χ1n) is 7.23. The third-order valence-electron chi connectivity index (χ3n) is 4.40. The van der Waals surface area contributed by atoms with Gasteiger partial charge >= 0.3 is 0 Å². The number of piperidine rings is 1. The monoisotopic (exact) mass is 267 g/mol. The molecule has 2 saturated heterocycles. The highest BCUT2D eigenvalue weighted by Crippen LogP contribution is 2.22. The molecule has 2 heterocycles. The summed E-state index contributed by atoms with van der Waals surface area (Å²) in [4.78, 5) is 30.0. The lowest BCUT2D eigenvalue weighted by Gasteiger charge is -2.41. The molecule has 0 spiro atoms. The summed E-state index contributed by atoms with van der Waals surface area (Å²) in [6.07, 6.45) is 1.63. The summed E-state index contributed by atoms with van der Waals surface area (Å²) >= 11 is 0. The minimum Gasteiger partial charge on any atom is -0.343 e. The largest absolute Gasteiger partial charge is 0.343 e. The Morgan fingerprint density at radius 1 is 1.05 bits per heavy atom. The molecule has 0 saturated carbocycles. The highest BCUT2D eigenvalue weighted by Gasteiger charge is 2.33. The fourth-order valence-electron chi connectivity index (χ4n) is 3.14. The van der Waals surface area contributed by atoms with Crippen molar-refractivity contribution in [1.29, 1.82) is 0 Å². The van der Waals surface area contributed by atoms with Crippen molar-refractivity contribution in [2.75, 3.05) is 39.8 Å². The molecule has 0 bridgehead atoms. The van der Waals surface area contributed by atoms with Crippen molar-refractivity contribution < 1.29 is 9.59 Å². The van der Waals surface area contributed by atoms with Crippen LogP contribution < -0.4 is 0 Å². The molecule has 0 N–H and O–H groups in total. The molecule has 2 aliphatic rings. The van der Waals surface area contributed by atoms with Crippen molar-refractivity contribution in [3.63, 3.8) is 0 Å². The van der Waals surface area contributed by atoms with E-state index in [0.29, 0.717) is 11.9 Å². The van der Waals surface area contributed by atoms with E-state index in [1.54, 1.807) is 6.92 Å². The van der Waals surface area contributed by atoms with Gasteiger partial charge in [-0.15, -0.1) is 0 Å². The molecule has 1 unspecified atom stereocenters. The number of hydrogen-bond acceptors (Lipinski definition) is 3. The number of amides is 2. The van der Waals surface area contributed by atoms with E-state index < -0.39 is 0 Å². The van der Waals surface area contributed by atoms with Crippen molar-refractivity contribution in [3.8, 4) is 0 Å². The van der Waals surface area contributed by atoms with Crippen molar-refractivity contribution >= 4 is 11.8 Å². The van der Waals surface area contributed by atoms with Gasteiger partial charge in [0.1, 0.15) is 0 Å². The van der Waals surface area contributed by atoms with Crippen LogP contribution >= 0.6 is 0 Å². The maximum absolute atomic E-state index is 12.6. The average molecular weight is 267 g/mol. The van der Waals surface area contributed by atoms with E-state index in [1.807, 2.05) is 9.80 Å². The lowest BCUT2D eigenvalue weighted by molar-refractivity contribution is -0.143. The molecule has 19 heavy (non-hydrogen) atoms. The first kappa shape index (κ1) is 14.3. The van der Waals surface area contributed by atoms with Crippen molar-refractivity contribution in [1.82, 2.24) is 14.7 Å². The summed E-state index contributed by atoms with van der Waals surface area (Å²) in [7, 11) is 2.10. The summed E-state index contributed by atoms with van der Waals surface area (Å²) in [6.45, 7) is 7.94. The third kappa shape index (κ3) is 3.26. The Bertz CT molecular complexity index is 351. The molecule has 0 aromatic rings. The first-order valence-corrected chi connectivity index (χ1v) is 7.23. The van der Waals surface area contributed by atoms with E-state index in [0.717, 1.165) is 45.6 Å². The molecule has 2 fully saturated rings. The lowest BCUT2D eigenvalue weighted by atomic mass is 9.94. The van der Waals surface area contributed by atoms with Crippen molar-refractivity contribution in [2.24, 2.45) is 5.92 Å². The van der Waals surface area contributed by atoms with Crippen LogP contribution in [0.5, 0.6) is 0 Å². The Hall–Kier alpha value is -1.10. The van der Waals surface area contributed by atoms with Gasteiger partial charge in [-0.25, -0.2) is 0 Å². The van der Waals surface area contributed by atoms with Gasteiger partial charge in [0.2, 0.25) is 11.8 Å². The van der Waals surface area contributed by atoms with Crippen LogP contribution in [0.4, 0.5) is 0 Å². The zero-order valence-electron chi connectivity index (χ0n) is 12.3. The molecule has 0 aromatic heterocycles. The van der Waals surface area contributed by atoms with Gasteiger partial charge in [0, 0.05) is 51.6 Å². The number of piperazine rings is 1. The summed E-state index contributed by atoms with van der Waals surface area (Å²) in [5.74, 6) is 0.532. The van der Waals surface area contributed by atoms with E-state index in [-0.39, 0.29) is 11.8 Å². The van der Waals surface area contributed by atoms with Gasteiger partial charge in [-0.2, -0.15) is 0 Å². The maximum Gasteiger partial charge on any atom is 0.226 e. The molecule has 0 aromatic carbocycles. The first-order chi connectivity index (χ1) is 8.99. The summed E-state index contributed by atoms with van der Waals surface area (Å²) < 4.78 is 0. The summed E-state index contributed by atoms with van der Waals surface area (Å²) in [5, 5.41) is 0. The number of nitrogens with zero attached hydrogens (tertiary/aromatic N) is 3. The van der Waals surface area contributed by atoms with E-state index in [1.165, 1.54) is 0 Å². The molecule has 5 nitrogen and oxygen atoms in total. The predicted octanol–water partition coefficient (Wildman–Crippen LogP) is 0.407. The molecule has 5 heteroatoms. The standard InChI is InChI=1S/C14H25N3O2/c1-11-10-15(3)8-9-17(11)14(19)13-4-6-16(7-5-13)12(2)18/h11,13H,4-10H2,1-3H3. The van der Waals surface area contributed by atoms with Gasteiger partial charge in [0.05, 0.1) is 0 Å². The van der Waals surface area contributed by atoms with Crippen LogP contribution in [0.1, 0.15) is 26.7 Å². The van der Waals surface area contributed by atoms with Crippen LogP contribution in [0, 0.1) is 5.92 Å². The molecule has 0 aliphatic carbocycles. The zero-order chi connectivity index (χ0) is 14.0. The normalized spacial score (nSPS) is 26.6. The fraction of sp³-hybridized carbons (Fsp3) is 0.857. The smallest absolute Gasteiger partial charge is 0.226 e. The van der Waals surface area contributed by atoms with E-state index in [9.17, 15) is 9.59 Å². The number of carbonyl (C=O) groups is 2. The van der Waals surface area contributed by atoms with Gasteiger partial charge < -0.3 is 14.7 Å². The van der Waals surface area contributed by atoms with Crippen molar-refractivity contribution in [3.05, 3.63) is 0 Å². The Labute approximate surface area is 115 Å². The molecule has 0 radical (unpaired) electrons. The second-order valence-corrected chi connectivity index (χ2v) is 5.92. The molecule has 2 rings (SSSR count). The average Bonchev–Trinajstić information content (AvgIpc) is 2.38. The summed E-state index contributed by atoms with van der Waals surface area (Å²) in [5.41, 5.74) is 0. The Balaban J connectivity index is 1.89. The maximum atomic E-state index is 12.6. The van der Waals surface area contributed by atoms with E-state index in [2.05, 4.69) is 18.9 Å². The Morgan fingerprint density at radius 3 is 2.21 bits per heavy atom. The van der Waals surface area contributed by atoms with Crippen LogP contribution in [-0.2, 0) is 9.59 Å². The minimum atomic E-state index is 0.112. The van der Waals surface area contributed by atoms with Crippen LogP contribution in [0.15, 0.2) is 0 Å². The summed E-state index contributed by atoms with van der Waals surface area (Å²) in [6, 6.07) is 0.303. The molecule has 2 aliphatic heterocycles. The molecular weight excluding hydrogens is 242 g/mol. The van der Waals surface area contributed by atoms with Gasteiger partial charge in [-0.05, 0) is 26.8 Å². The molecular formula is C14H25N3O2. The second kappa shape index (κ2) is 5.90. The van der Waals surface area contributed by atoms with E-state index in [4.69, 9.17) is 0 Å². The topological polar surface area (TPSA) is 43.9 Å². The zero-order valence-corrected chi connectivity index (χ0v) is 12.3. The van der Waals surface area contributed by atoms with Crippen LogP contribution in [0.25, 0.3) is 0 Å². The molecule has 2 amide bonds. The van der Waals surface area contributed by atoms with E-state index >= 15 is 0 Å². The van der Waals surface area contributed by atoms with Crippen LogP contribution in [0.3, 0.4) is 0 Å².